The van der Waals surface area contributed by atoms with E-state index in [1.807, 2.05) is 0 Å². The number of rotatable bonds is 17. The average molecular weight is 429 g/mol. The Hall–Kier alpha value is -0.139. The predicted octanol–water partition coefficient (Wildman–Crippen LogP) is 6.59. The lowest BCUT2D eigenvalue weighted by Gasteiger charge is -2.51. The molecule has 0 aromatic heterocycles. The van der Waals surface area contributed by atoms with Crippen LogP contribution < -0.4 is 0 Å². The van der Waals surface area contributed by atoms with Crippen LogP contribution >= 0.6 is 0 Å². The minimum absolute atomic E-state index is 0.163. The zero-order chi connectivity index (χ0) is 20.9. The van der Waals surface area contributed by atoms with Crippen LogP contribution in [-0.2, 0) is 4.79 Å². The second-order valence-corrected chi connectivity index (χ2v) is 21.1. The van der Waals surface area contributed by atoms with Crippen LogP contribution in [0.1, 0.15) is 80.1 Å². The van der Waals surface area contributed by atoms with Crippen molar-refractivity contribution in [1.29, 1.82) is 0 Å². The highest BCUT2D eigenvalue weighted by molar-refractivity contribution is 7.01. The van der Waals surface area contributed by atoms with E-state index in [0.717, 1.165) is 0 Å². The highest BCUT2D eigenvalue weighted by Gasteiger charge is 2.53. The fourth-order valence-electron chi connectivity index (χ4n) is 5.88. The standard InChI is InChI=1S/C22H48O2Si3/c1-8-14-25(15-9-2)22(20(7)21(23)24,26(16-10-3)17-11-4)27(18-12-5)19-13-6/h25-27H,7-19H2,1-6H3,(H,23,24). The SMILES string of the molecule is C=C(C(=O)O)C([SiH](CCC)CCC)([SiH](CCC)CCC)[SiH](CCC)CCC. The van der Waals surface area contributed by atoms with Crippen LogP contribution in [0.5, 0.6) is 0 Å². The van der Waals surface area contributed by atoms with E-state index in [1.54, 1.807) is 0 Å². The van der Waals surface area contributed by atoms with Gasteiger partial charge in [0.25, 0.3) is 0 Å². The summed E-state index contributed by atoms with van der Waals surface area (Å²) in [6, 6.07) is 7.96. The van der Waals surface area contributed by atoms with Crippen LogP contribution in [0.4, 0.5) is 0 Å². The molecule has 0 heterocycles. The molecule has 1 N–H and O–H groups in total. The minimum Gasteiger partial charge on any atom is -0.478 e. The summed E-state index contributed by atoms with van der Waals surface area (Å²) in [4.78, 5) is 12.5. The molecule has 0 bridgehead atoms. The van der Waals surface area contributed by atoms with Gasteiger partial charge in [0.15, 0.2) is 0 Å². The Balaban J connectivity index is 6.71. The molecular weight excluding hydrogens is 380 g/mol. The Bertz CT molecular complexity index is 367. The van der Waals surface area contributed by atoms with Gasteiger partial charge in [-0.3, -0.25) is 0 Å². The molecule has 27 heavy (non-hydrogen) atoms. The molecule has 2 nitrogen and oxygen atoms in total. The third-order valence-corrected chi connectivity index (χ3v) is 27.9. The van der Waals surface area contributed by atoms with Gasteiger partial charge < -0.3 is 5.11 Å². The van der Waals surface area contributed by atoms with Gasteiger partial charge in [-0.25, -0.2) is 4.79 Å². The summed E-state index contributed by atoms with van der Waals surface area (Å²) >= 11 is 0. The molecule has 0 radical (unpaired) electrons. The molecule has 5 heteroatoms. The van der Waals surface area contributed by atoms with Crippen molar-refractivity contribution in [2.24, 2.45) is 0 Å². The Morgan fingerprint density at radius 3 is 1.04 bits per heavy atom. The lowest BCUT2D eigenvalue weighted by atomic mass is 10.3. The maximum atomic E-state index is 12.5. The van der Waals surface area contributed by atoms with Gasteiger partial charge in [0.05, 0.1) is 0 Å². The van der Waals surface area contributed by atoms with Gasteiger partial charge in [0.1, 0.15) is 0 Å². The summed E-state index contributed by atoms with van der Waals surface area (Å²) in [6.07, 6.45) is 7.36. The highest BCUT2D eigenvalue weighted by Crippen LogP contribution is 2.52. The summed E-state index contributed by atoms with van der Waals surface area (Å²) < 4.78 is 0.163. The van der Waals surface area contributed by atoms with Gasteiger partial charge in [-0.05, 0) is 4.28 Å². The Morgan fingerprint density at radius 1 is 0.667 bits per heavy atom. The topological polar surface area (TPSA) is 37.3 Å². The zero-order valence-electron chi connectivity index (χ0n) is 19.3. The lowest BCUT2D eigenvalue weighted by Crippen LogP contribution is -2.56. The Morgan fingerprint density at radius 2 is 0.889 bits per heavy atom. The number of hydrogen-bond acceptors (Lipinski definition) is 1. The van der Waals surface area contributed by atoms with Crippen molar-refractivity contribution >= 4 is 32.4 Å². The first-order valence-electron chi connectivity index (χ1n) is 11.8. The summed E-state index contributed by atoms with van der Waals surface area (Å²) in [6.45, 7) is 18.3. The van der Waals surface area contributed by atoms with Crippen LogP contribution in [-0.4, -0.2) is 37.5 Å². The number of aliphatic carboxylic acids is 1. The van der Waals surface area contributed by atoms with E-state index in [1.165, 1.54) is 74.8 Å². The van der Waals surface area contributed by atoms with Crippen molar-refractivity contribution in [3.05, 3.63) is 12.2 Å². The molecule has 0 aromatic carbocycles. The first-order chi connectivity index (χ1) is 12.9. The number of carboxylic acids is 1. The Kier molecular flexibility index (Phi) is 14.7. The van der Waals surface area contributed by atoms with Gasteiger partial charge in [-0.15, -0.1) is 0 Å². The summed E-state index contributed by atoms with van der Waals surface area (Å²) in [5.74, 6) is -0.658. The fourth-order valence-corrected chi connectivity index (χ4v) is 29.6. The van der Waals surface area contributed by atoms with Crippen LogP contribution in [0.2, 0.25) is 40.5 Å². The van der Waals surface area contributed by atoms with Gasteiger partial charge in [0, 0.05) is 32.0 Å². The van der Waals surface area contributed by atoms with E-state index in [0.29, 0.717) is 5.57 Å². The highest BCUT2D eigenvalue weighted by atomic mass is 28.4. The molecule has 0 aliphatic heterocycles. The molecule has 0 spiro atoms. The van der Waals surface area contributed by atoms with Crippen LogP contribution in [0.3, 0.4) is 0 Å². The third kappa shape index (κ3) is 7.00. The van der Waals surface area contributed by atoms with E-state index in [-0.39, 0.29) is 4.28 Å². The van der Waals surface area contributed by atoms with Gasteiger partial charge in [-0.1, -0.05) is 123 Å². The van der Waals surface area contributed by atoms with E-state index in [2.05, 4.69) is 48.1 Å². The van der Waals surface area contributed by atoms with Gasteiger partial charge >= 0.3 is 5.97 Å². The molecule has 0 unspecified atom stereocenters. The smallest absolute Gasteiger partial charge is 0.330 e. The van der Waals surface area contributed by atoms with Crippen LogP contribution in [0.25, 0.3) is 0 Å². The molecule has 160 valence electrons. The number of carbonyl (C=O) groups is 1. The molecular formula is C22H48O2Si3. The van der Waals surface area contributed by atoms with Crippen LogP contribution in [0.15, 0.2) is 12.2 Å². The molecule has 0 saturated carbocycles. The molecule has 0 aliphatic carbocycles. The van der Waals surface area contributed by atoms with E-state index < -0.39 is 32.4 Å². The van der Waals surface area contributed by atoms with Crippen molar-refractivity contribution in [3.8, 4) is 0 Å². The summed E-state index contributed by atoms with van der Waals surface area (Å²) in [7, 11) is -3.59. The van der Waals surface area contributed by atoms with Crippen LogP contribution in [0, 0.1) is 0 Å². The van der Waals surface area contributed by atoms with E-state index >= 15 is 0 Å². The van der Waals surface area contributed by atoms with Gasteiger partial charge in [-0.2, -0.15) is 0 Å². The largest absolute Gasteiger partial charge is 0.478 e. The van der Waals surface area contributed by atoms with Crippen molar-refractivity contribution < 1.29 is 9.90 Å². The monoisotopic (exact) mass is 428 g/mol. The normalized spacial score (nSPS) is 12.3. The summed E-state index contributed by atoms with van der Waals surface area (Å²) in [5.41, 5.74) is 0.707. The fraction of sp³-hybridized carbons (Fsp3) is 0.864. The molecule has 0 amide bonds. The molecule has 0 rings (SSSR count). The van der Waals surface area contributed by atoms with Crippen molar-refractivity contribution in [3.63, 3.8) is 0 Å². The minimum atomic E-state index is -1.20. The lowest BCUT2D eigenvalue weighted by molar-refractivity contribution is -0.132. The second-order valence-electron chi connectivity index (χ2n) is 8.54. The van der Waals surface area contributed by atoms with E-state index in [9.17, 15) is 9.90 Å². The first kappa shape index (κ1) is 26.9. The van der Waals surface area contributed by atoms with E-state index in [4.69, 9.17) is 0 Å². The summed E-state index contributed by atoms with van der Waals surface area (Å²) in [5, 5.41) is 10.2. The van der Waals surface area contributed by atoms with Crippen molar-refractivity contribution in [2.75, 3.05) is 0 Å². The third-order valence-electron chi connectivity index (χ3n) is 6.63. The zero-order valence-corrected chi connectivity index (χ0v) is 22.7. The molecule has 0 fully saturated rings. The number of carboxylic acid groups (broad SMARTS) is 1. The maximum absolute atomic E-state index is 12.5. The van der Waals surface area contributed by atoms with Gasteiger partial charge in [0.2, 0.25) is 0 Å². The van der Waals surface area contributed by atoms with Crippen molar-refractivity contribution in [2.45, 2.75) is 121 Å². The number of hydrogen-bond donors (Lipinski definition) is 1. The Labute approximate surface area is 175 Å². The quantitative estimate of drug-likeness (QED) is 0.210. The maximum Gasteiger partial charge on any atom is 0.330 e. The first-order valence-corrected chi connectivity index (χ1v) is 18.5. The molecule has 0 aromatic rings. The van der Waals surface area contributed by atoms with Crippen molar-refractivity contribution in [1.82, 2.24) is 0 Å². The average Bonchev–Trinajstić information content (AvgIpc) is 2.63. The second kappa shape index (κ2) is 14.8. The predicted molar refractivity (Wildman–Crippen MR) is 132 cm³/mol. The molecule has 0 saturated heterocycles. The molecule has 0 atom stereocenters. The molecule has 0 aliphatic rings.